The van der Waals surface area contributed by atoms with Gasteiger partial charge in [0.1, 0.15) is 48.3 Å². The fourth-order valence-corrected chi connectivity index (χ4v) is 10.7. The lowest BCUT2D eigenvalue weighted by Gasteiger charge is -2.40. The molecule has 81 heavy (non-hydrogen) atoms. The highest BCUT2D eigenvalue weighted by Crippen LogP contribution is 2.26. The molecule has 9 amide bonds. The van der Waals surface area contributed by atoms with Crippen molar-refractivity contribution in [2.24, 2.45) is 23.7 Å². The standard InChI is InChI=1S/C57H87N9O15/c1-12-34(7)46-55(78)66-28-18-17-22-40(66)51(74)60-45(32(3)4)54(77)63(10)41(25-27-44(70)71)57(80)81-48(35(8)13-2)52(75)59-37(30-36-20-15-14-16-21-36)53(76)65-29-19-23-39(65)49(72)58-31-42(67)64(11)47(33(5)6)56(79)62(9)38(50(73)61-46)24-26-43(68)69/h14-16,20-21,32-35,37-41,45-48H,12-13,17-19,22-31H2,1-11H3,(H,58,72)(H,59,75)(H,60,74)(H,61,73)(H,68,69)(H,70,71). The highest BCUT2D eigenvalue weighted by molar-refractivity contribution is 5.99. The molecule has 0 aromatic heterocycles. The minimum absolute atomic E-state index is 0.0649. The smallest absolute Gasteiger partial charge is 0.329 e. The van der Waals surface area contributed by atoms with Crippen molar-refractivity contribution in [3.8, 4) is 0 Å². The van der Waals surface area contributed by atoms with E-state index in [1.165, 1.54) is 30.9 Å². The molecule has 0 saturated carbocycles. The molecule has 3 heterocycles. The van der Waals surface area contributed by atoms with E-state index >= 15 is 0 Å². The number of hydrogen-bond donors (Lipinski definition) is 6. The zero-order valence-corrected chi connectivity index (χ0v) is 48.9. The van der Waals surface area contributed by atoms with Crippen LogP contribution in [-0.4, -0.2) is 201 Å². The first kappa shape index (κ1) is 66.4. The van der Waals surface area contributed by atoms with Crippen molar-refractivity contribution in [1.29, 1.82) is 0 Å². The summed E-state index contributed by atoms with van der Waals surface area (Å²) in [7, 11) is 3.89. The molecule has 24 nitrogen and oxygen atoms in total. The Labute approximate surface area is 475 Å². The summed E-state index contributed by atoms with van der Waals surface area (Å²) in [6.07, 6.45) is -1.36. The minimum atomic E-state index is -1.61. The molecule has 0 bridgehead atoms. The highest BCUT2D eigenvalue weighted by Gasteiger charge is 2.45. The zero-order chi connectivity index (χ0) is 60.6. The first-order valence-corrected chi connectivity index (χ1v) is 28.4. The van der Waals surface area contributed by atoms with Crippen molar-refractivity contribution < 1.29 is 72.5 Å². The van der Waals surface area contributed by atoms with Gasteiger partial charge in [-0.3, -0.25) is 52.7 Å². The lowest BCUT2D eigenvalue weighted by Crippen LogP contribution is -2.63. The van der Waals surface area contributed by atoms with Crippen LogP contribution in [0.25, 0.3) is 0 Å². The summed E-state index contributed by atoms with van der Waals surface area (Å²) in [5, 5.41) is 30.6. The lowest BCUT2D eigenvalue weighted by atomic mass is 9.93. The Balaban J connectivity index is 1.87. The van der Waals surface area contributed by atoms with Crippen LogP contribution in [0.3, 0.4) is 0 Å². The fourth-order valence-electron chi connectivity index (χ4n) is 10.7. The third-order valence-corrected chi connectivity index (χ3v) is 16.1. The maximum atomic E-state index is 14.9. The van der Waals surface area contributed by atoms with Gasteiger partial charge in [-0.25, -0.2) is 4.79 Å². The predicted molar refractivity (Wildman–Crippen MR) is 295 cm³/mol. The second-order valence-corrected chi connectivity index (χ2v) is 22.5. The third-order valence-electron chi connectivity index (χ3n) is 16.1. The number of nitrogens with one attached hydrogen (secondary N) is 4. The van der Waals surface area contributed by atoms with Crippen LogP contribution in [0.2, 0.25) is 0 Å². The molecule has 1 aromatic rings. The Morgan fingerprint density at radius 2 is 1.14 bits per heavy atom. The van der Waals surface area contributed by atoms with Gasteiger partial charge in [-0.2, -0.15) is 0 Å². The number of cyclic esters (lactones) is 1. The van der Waals surface area contributed by atoms with Gasteiger partial charge in [0.2, 0.25) is 47.3 Å². The third kappa shape index (κ3) is 17.4. The molecule has 0 spiro atoms. The molecule has 11 atom stereocenters. The molecule has 3 aliphatic heterocycles. The number of fused-ring (bicyclic) bond motifs is 2. The Bertz CT molecular complexity index is 2440. The minimum Gasteiger partial charge on any atom is -0.481 e. The van der Waals surface area contributed by atoms with E-state index in [0.717, 1.165) is 14.7 Å². The number of aliphatic carboxylic acids is 2. The van der Waals surface area contributed by atoms with E-state index in [1.54, 1.807) is 85.7 Å². The monoisotopic (exact) mass is 1140 g/mol. The summed E-state index contributed by atoms with van der Waals surface area (Å²) in [6.45, 7) is 13.0. The lowest BCUT2D eigenvalue weighted by molar-refractivity contribution is -0.167. The van der Waals surface area contributed by atoms with Crippen LogP contribution >= 0.6 is 0 Å². The van der Waals surface area contributed by atoms with Crippen LogP contribution in [0.4, 0.5) is 0 Å². The molecular weight excluding hydrogens is 1050 g/mol. The molecule has 0 radical (unpaired) electrons. The number of carboxylic acid groups (broad SMARTS) is 2. The molecular formula is C57H87N9O15. The number of carbonyl (C=O) groups is 12. The highest BCUT2D eigenvalue weighted by atomic mass is 16.6. The second kappa shape index (κ2) is 30.6. The van der Waals surface area contributed by atoms with Crippen molar-refractivity contribution in [2.45, 2.75) is 187 Å². The zero-order valence-electron chi connectivity index (χ0n) is 48.9. The van der Waals surface area contributed by atoms with Gasteiger partial charge < -0.3 is 60.7 Å². The van der Waals surface area contributed by atoms with Gasteiger partial charge in [0, 0.05) is 59.4 Å². The molecule has 6 N–H and O–H groups in total. The van der Waals surface area contributed by atoms with Gasteiger partial charge in [0.15, 0.2) is 6.10 Å². The van der Waals surface area contributed by atoms with Crippen LogP contribution < -0.4 is 21.3 Å². The largest absolute Gasteiger partial charge is 0.481 e. The van der Waals surface area contributed by atoms with Crippen LogP contribution in [0.1, 0.15) is 132 Å². The Morgan fingerprint density at radius 3 is 1.72 bits per heavy atom. The maximum Gasteiger partial charge on any atom is 0.329 e. The molecule has 0 aliphatic carbocycles. The quantitative estimate of drug-likeness (QED) is 0.145. The summed E-state index contributed by atoms with van der Waals surface area (Å²) in [6, 6.07) is -1.87. The van der Waals surface area contributed by atoms with E-state index in [-0.39, 0.29) is 38.8 Å². The molecule has 3 saturated heterocycles. The van der Waals surface area contributed by atoms with E-state index in [0.29, 0.717) is 31.2 Å². The number of carbonyl (C=O) groups excluding carboxylic acids is 10. The van der Waals surface area contributed by atoms with Crippen LogP contribution in [0.5, 0.6) is 0 Å². The Hall–Kier alpha value is -7.14. The SMILES string of the molecule is CCC(C)C1NC(=O)C(CCC(=O)O)N(C)C(=O)C(C(C)C)N(C)C(=O)CNC(=O)C2CCCN2C(=O)C(Cc2ccccc2)NC(=O)C(C(C)CC)OC(=O)C(CCC(=O)O)N(C)C(=O)C(C(C)C)NC(=O)C2CCCCN2C1=O. The molecule has 450 valence electrons. The van der Waals surface area contributed by atoms with Gasteiger partial charge in [-0.05, 0) is 74.7 Å². The van der Waals surface area contributed by atoms with E-state index in [1.807, 2.05) is 0 Å². The van der Waals surface area contributed by atoms with E-state index < -0.39 is 181 Å². The maximum absolute atomic E-state index is 14.9. The number of ether oxygens (including phenoxy) is 1. The number of hydrogen-bond acceptors (Lipinski definition) is 13. The number of nitrogens with zero attached hydrogens (tertiary/aromatic N) is 5. The predicted octanol–water partition coefficient (Wildman–Crippen LogP) is 1.71. The number of amides is 9. The Kier molecular flexibility index (Phi) is 25.1. The van der Waals surface area contributed by atoms with Crippen molar-refractivity contribution in [3.05, 3.63) is 35.9 Å². The first-order chi connectivity index (χ1) is 38.2. The molecule has 11 unspecified atom stereocenters. The summed E-state index contributed by atoms with van der Waals surface area (Å²) < 4.78 is 5.97. The van der Waals surface area contributed by atoms with Gasteiger partial charge in [0.05, 0.1) is 6.54 Å². The fraction of sp³-hybridized carbons (Fsp3) is 0.684. The number of rotatable bonds is 14. The van der Waals surface area contributed by atoms with E-state index in [2.05, 4.69) is 21.3 Å². The van der Waals surface area contributed by atoms with Gasteiger partial charge in [0.25, 0.3) is 5.91 Å². The van der Waals surface area contributed by atoms with Crippen LogP contribution in [0, 0.1) is 23.7 Å². The van der Waals surface area contributed by atoms with E-state index in [4.69, 9.17) is 4.74 Å². The molecule has 3 fully saturated rings. The van der Waals surface area contributed by atoms with Gasteiger partial charge in [-0.1, -0.05) is 92.1 Å². The average Bonchev–Trinajstić information content (AvgIpc) is 3.93. The van der Waals surface area contributed by atoms with Crippen molar-refractivity contribution >= 4 is 71.1 Å². The normalized spacial score (nSPS) is 27.0. The van der Waals surface area contributed by atoms with Gasteiger partial charge in [-0.15, -0.1) is 0 Å². The van der Waals surface area contributed by atoms with E-state index in [9.17, 15) is 67.7 Å². The van der Waals surface area contributed by atoms with Crippen LogP contribution in [-0.2, 0) is 68.7 Å². The molecule has 3 aliphatic rings. The molecule has 24 heteroatoms. The van der Waals surface area contributed by atoms with Crippen molar-refractivity contribution in [1.82, 2.24) is 45.8 Å². The first-order valence-electron chi connectivity index (χ1n) is 28.4. The second-order valence-electron chi connectivity index (χ2n) is 22.5. The summed E-state index contributed by atoms with van der Waals surface area (Å²) in [5.41, 5.74) is 0.631. The number of benzene rings is 1. The summed E-state index contributed by atoms with van der Waals surface area (Å²) in [5.74, 6) is -12.9. The summed E-state index contributed by atoms with van der Waals surface area (Å²) in [4.78, 5) is 175. The van der Waals surface area contributed by atoms with Gasteiger partial charge >= 0.3 is 17.9 Å². The number of piperidine rings is 1. The molecule has 1 aromatic carbocycles. The average molecular weight is 1140 g/mol. The van der Waals surface area contributed by atoms with Crippen LogP contribution in [0.15, 0.2) is 30.3 Å². The Morgan fingerprint density at radius 1 is 0.593 bits per heavy atom. The van der Waals surface area contributed by atoms with Crippen molar-refractivity contribution in [2.75, 3.05) is 40.8 Å². The summed E-state index contributed by atoms with van der Waals surface area (Å²) >= 11 is 0. The number of likely N-dealkylation sites (N-methyl/N-ethyl adjacent to an activating group) is 3. The van der Waals surface area contributed by atoms with Crippen molar-refractivity contribution in [3.63, 3.8) is 0 Å². The topological polar surface area (TPSA) is 319 Å². The number of esters is 1. The number of carboxylic acids is 2. The molecule has 4 rings (SSSR count).